The maximum atomic E-state index is 2.48. The zero-order valence-electron chi connectivity index (χ0n) is 20.8. The van der Waals surface area contributed by atoms with Gasteiger partial charge >= 0.3 is 192 Å². The fourth-order valence-electron chi connectivity index (χ4n) is 5.02. The van der Waals surface area contributed by atoms with E-state index in [4.69, 9.17) is 0 Å². The summed E-state index contributed by atoms with van der Waals surface area (Å²) >= 11 is -2.10. The minimum absolute atomic E-state index is 0. The van der Waals surface area contributed by atoms with Crippen molar-refractivity contribution in [2.24, 2.45) is 0 Å². The average molecular weight is 547 g/mol. The number of fused-ring (bicyclic) bond motifs is 3. The van der Waals surface area contributed by atoms with Crippen molar-refractivity contribution in [3.8, 4) is 11.1 Å². The Morgan fingerprint density at radius 2 is 1.50 bits per heavy atom. The van der Waals surface area contributed by atoms with Crippen LogP contribution in [-0.2, 0) is 38.5 Å². The molecule has 170 valence electrons. The van der Waals surface area contributed by atoms with Gasteiger partial charge in [-0.15, -0.1) is 0 Å². The molecule has 0 amide bonds. The van der Waals surface area contributed by atoms with Gasteiger partial charge < -0.3 is 24.8 Å². The first-order valence-electron chi connectivity index (χ1n) is 11.3. The first-order valence-corrected chi connectivity index (χ1v) is 15.0. The predicted molar refractivity (Wildman–Crippen MR) is 130 cm³/mol. The molecule has 0 unspecified atom stereocenters. The number of allylic oxidation sites excluding steroid dienone is 4. The Labute approximate surface area is 215 Å². The Balaban J connectivity index is 0.00000181. The molecule has 0 N–H and O–H groups in total. The van der Waals surface area contributed by atoms with Crippen molar-refractivity contribution in [2.45, 2.75) is 79.1 Å². The fourth-order valence-corrected chi connectivity index (χ4v) is 13.1. The summed E-state index contributed by atoms with van der Waals surface area (Å²) in [5.74, 6) is 0. The molecule has 0 aliphatic heterocycles. The van der Waals surface area contributed by atoms with E-state index >= 15 is 0 Å². The minimum atomic E-state index is -2.10. The van der Waals surface area contributed by atoms with Crippen molar-refractivity contribution in [1.29, 1.82) is 0 Å². The number of hydrogen-bond acceptors (Lipinski definition) is 0. The first-order chi connectivity index (χ1) is 14.0. The van der Waals surface area contributed by atoms with Gasteiger partial charge in [0.25, 0.3) is 0 Å². The van der Waals surface area contributed by atoms with Gasteiger partial charge in [0.15, 0.2) is 0 Å². The summed E-state index contributed by atoms with van der Waals surface area (Å²) in [6.07, 6.45) is 9.33. The second-order valence-electron chi connectivity index (χ2n) is 11.3. The molecule has 3 heteroatoms. The molecule has 0 bridgehead atoms. The van der Waals surface area contributed by atoms with Crippen molar-refractivity contribution in [1.82, 2.24) is 0 Å². The fraction of sp³-hybridized carbons (Fsp3) is 0.414. The molecule has 0 nitrogen and oxygen atoms in total. The van der Waals surface area contributed by atoms with Crippen LogP contribution in [0.4, 0.5) is 0 Å². The molecule has 0 atom stereocenters. The normalized spacial score (nSPS) is 13.9. The second kappa shape index (κ2) is 9.86. The summed E-state index contributed by atoms with van der Waals surface area (Å²) in [5, 5.41) is 0. The van der Waals surface area contributed by atoms with Crippen molar-refractivity contribution in [3.63, 3.8) is 0 Å². The van der Waals surface area contributed by atoms with E-state index in [1.165, 1.54) is 22.3 Å². The van der Waals surface area contributed by atoms with E-state index in [9.17, 15) is 0 Å². The Morgan fingerprint density at radius 1 is 0.844 bits per heavy atom. The van der Waals surface area contributed by atoms with Gasteiger partial charge in [0, 0.05) is 0 Å². The average Bonchev–Trinajstić information content (AvgIpc) is 3.27. The van der Waals surface area contributed by atoms with E-state index in [1.807, 2.05) is 0 Å². The summed E-state index contributed by atoms with van der Waals surface area (Å²) < 4.78 is 5.20. The summed E-state index contributed by atoms with van der Waals surface area (Å²) in [4.78, 5) is 0. The summed E-state index contributed by atoms with van der Waals surface area (Å²) in [6, 6.07) is 12.1. The molecule has 2 aromatic carbocycles. The van der Waals surface area contributed by atoms with Gasteiger partial charge in [0.05, 0.1) is 0 Å². The van der Waals surface area contributed by atoms with Crippen molar-refractivity contribution < 1.29 is 46.1 Å². The molecule has 2 aromatic rings. The number of benzene rings is 2. The van der Waals surface area contributed by atoms with Crippen molar-refractivity contribution in [3.05, 3.63) is 74.1 Å². The largest absolute Gasteiger partial charge is 1.00 e. The summed E-state index contributed by atoms with van der Waals surface area (Å²) in [6.45, 7) is 18.9. The van der Waals surface area contributed by atoms with E-state index < -0.39 is 21.3 Å². The van der Waals surface area contributed by atoms with E-state index in [0.29, 0.717) is 0 Å². The van der Waals surface area contributed by atoms with Crippen LogP contribution in [0, 0.1) is 0 Å². The predicted octanol–water partition coefficient (Wildman–Crippen LogP) is 1.16. The maximum Gasteiger partial charge on any atom is -1.00 e. The Hall–Kier alpha value is -0.747. The molecule has 2 aliphatic carbocycles. The topological polar surface area (TPSA) is 0 Å². The molecule has 0 aromatic heterocycles. The minimum Gasteiger partial charge on any atom is -1.00 e. The Kier molecular flexibility index (Phi) is 8.47. The van der Waals surface area contributed by atoms with E-state index in [1.54, 1.807) is 20.9 Å². The van der Waals surface area contributed by atoms with Crippen LogP contribution in [-0.4, -0.2) is 3.21 Å². The van der Waals surface area contributed by atoms with Gasteiger partial charge in [-0.2, -0.15) is 0 Å². The Morgan fingerprint density at radius 3 is 2.03 bits per heavy atom. The molecule has 0 spiro atoms. The molecule has 0 radical (unpaired) electrons. The smallest absolute Gasteiger partial charge is 1.00 e. The van der Waals surface area contributed by atoms with Crippen LogP contribution in [0.3, 0.4) is 0 Å². The molecular formula is C29H36Cl2Zr. The van der Waals surface area contributed by atoms with Gasteiger partial charge in [-0.25, -0.2) is 0 Å². The SMILES string of the molecule is C[C](C)=[Zr+2]([C]1=CC=CC1)[c]1c(C(C)(C)C)ccc2c1Cc1cc(C(C)(C)C)ccc1-2.[Cl-].[Cl-]. The molecule has 0 saturated carbocycles. The zero-order valence-corrected chi connectivity index (χ0v) is 24.8. The molecule has 2 aliphatic rings. The van der Waals surface area contributed by atoms with Crippen LogP contribution in [0.5, 0.6) is 0 Å². The summed E-state index contributed by atoms with van der Waals surface area (Å²) in [7, 11) is 0. The molecule has 4 rings (SSSR count). The number of rotatable bonds is 2. The number of halogens is 2. The summed E-state index contributed by atoms with van der Waals surface area (Å²) in [5.41, 5.74) is 9.54. The first kappa shape index (κ1) is 27.5. The van der Waals surface area contributed by atoms with E-state index in [-0.39, 0.29) is 35.6 Å². The molecule has 0 heterocycles. The zero-order chi connectivity index (χ0) is 21.8. The van der Waals surface area contributed by atoms with Crippen LogP contribution in [0.1, 0.15) is 84.1 Å². The van der Waals surface area contributed by atoms with Crippen LogP contribution in [0.15, 0.2) is 51.8 Å². The van der Waals surface area contributed by atoms with Crippen molar-refractivity contribution in [2.75, 3.05) is 0 Å². The third-order valence-electron chi connectivity index (χ3n) is 6.59. The molecule has 0 saturated heterocycles. The van der Waals surface area contributed by atoms with Gasteiger partial charge in [-0.3, -0.25) is 0 Å². The quantitative estimate of drug-likeness (QED) is 0.453. The second-order valence-corrected chi connectivity index (χ2v) is 18.4. The van der Waals surface area contributed by atoms with Crippen molar-refractivity contribution >= 4 is 6.48 Å². The molecule has 32 heavy (non-hydrogen) atoms. The number of hydrogen-bond donors (Lipinski definition) is 0. The van der Waals surface area contributed by atoms with E-state index in [0.717, 1.165) is 12.8 Å². The molecule has 0 fully saturated rings. The maximum absolute atomic E-state index is 2.48. The standard InChI is InChI=1S/C21H25.C5H5.C3H6.2ClH.Zr/c1-20(2,3)16-7-9-18-14(12-16)11-15-13-17(21(4,5)6)8-10-19(15)18;1-2-4-5-3-1;1-3-2;;;/h7-10,12H,11H2,1-6H3;1-3H,4H2;1-2H3;2*1H;/q;;;;;+2/p-2. The van der Waals surface area contributed by atoms with Crippen LogP contribution in [0.25, 0.3) is 11.1 Å². The third kappa shape index (κ3) is 5.01. The third-order valence-corrected chi connectivity index (χ3v) is 14.2. The molecular weight excluding hydrogens is 510 g/mol. The van der Waals surface area contributed by atoms with Gasteiger partial charge in [-0.05, 0) is 0 Å². The van der Waals surface area contributed by atoms with Gasteiger partial charge in [0.1, 0.15) is 0 Å². The van der Waals surface area contributed by atoms with Crippen LogP contribution < -0.4 is 28.1 Å². The van der Waals surface area contributed by atoms with Gasteiger partial charge in [-0.1, -0.05) is 0 Å². The Bertz CT molecular complexity index is 1120. The monoisotopic (exact) mass is 544 g/mol. The van der Waals surface area contributed by atoms with Crippen LogP contribution in [0.2, 0.25) is 0 Å². The van der Waals surface area contributed by atoms with Crippen LogP contribution >= 0.6 is 0 Å². The van der Waals surface area contributed by atoms with E-state index in [2.05, 4.69) is 104 Å². The van der Waals surface area contributed by atoms with Gasteiger partial charge in [0.2, 0.25) is 0 Å².